The molecule has 0 spiro atoms. The first-order valence-corrected chi connectivity index (χ1v) is 5.40. The molecule has 0 heterocycles. The van der Waals surface area contributed by atoms with Gasteiger partial charge in [0.05, 0.1) is 11.4 Å². The number of carbonyl (C=O) groups is 1. The highest BCUT2D eigenvalue weighted by Gasteiger charge is 2.19. The highest BCUT2D eigenvalue weighted by atomic mass is 35.5. The molecule has 0 saturated carbocycles. The monoisotopic (exact) mass is 241 g/mol. The van der Waals surface area contributed by atoms with Gasteiger partial charge in [0.1, 0.15) is 6.04 Å². The number of hydrogen-bond donors (Lipinski definition) is 3. The fourth-order valence-corrected chi connectivity index (χ4v) is 1.56. The van der Waals surface area contributed by atoms with Crippen LogP contribution in [0.3, 0.4) is 0 Å². The van der Waals surface area contributed by atoms with E-state index in [4.69, 9.17) is 23.1 Å². The lowest BCUT2D eigenvalue weighted by molar-refractivity contribution is -0.119. The van der Waals surface area contributed by atoms with Crippen molar-refractivity contribution in [2.45, 2.75) is 19.9 Å². The Morgan fingerprint density at radius 1 is 1.44 bits per heavy atom. The van der Waals surface area contributed by atoms with Crippen LogP contribution in [0.15, 0.2) is 18.2 Å². The molecule has 88 valence electrons. The highest BCUT2D eigenvalue weighted by Crippen LogP contribution is 2.24. The van der Waals surface area contributed by atoms with Crippen molar-refractivity contribution in [3.8, 4) is 0 Å². The van der Waals surface area contributed by atoms with Crippen LogP contribution in [-0.4, -0.2) is 11.9 Å². The van der Waals surface area contributed by atoms with Gasteiger partial charge in [-0.25, -0.2) is 0 Å². The van der Waals surface area contributed by atoms with Gasteiger partial charge in [0, 0.05) is 5.02 Å². The van der Waals surface area contributed by atoms with Gasteiger partial charge in [-0.05, 0) is 24.1 Å². The minimum absolute atomic E-state index is 0.0795. The van der Waals surface area contributed by atoms with Crippen molar-refractivity contribution >= 4 is 28.9 Å². The smallest absolute Gasteiger partial charge is 0.240 e. The third kappa shape index (κ3) is 3.03. The Balaban J connectivity index is 2.93. The zero-order valence-corrected chi connectivity index (χ0v) is 10.1. The number of benzene rings is 1. The predicted molar refractivity (Wildman–Crippen MR) is 67.3 cm³/mol. The van der Waals surface area contributed by atoms with Gasteiger partial charge in [0.25, 0.3) is 0 Å². The molecule has 1 aromatic carbocycles. The second-order valence-corrected chi connectivity index (χ2v) is 4.44. The van der Waals surface area contributed by atoms with Crippen molar-refractivity contribution in [2.75, 3.05) is 11.1 Å². The topological polar surface area (TPSA) is 81.1 Å². The number of nitrogen functional groups attached to an aromatic ring is 1. The molecule has 0 saturated heterocycles. The summed E-state index contributed by atoms with van der Waals surface area (Å²) in [6.07, 6.45) is 0. The Morgan fingerprint density at radius 3 is 2.56 bits per heavy atom. The van der Waals surface area contributed by atoms with E-state index in [1.165, 1.54) is 0 Å². The first-order chi connectivity index (χ1) is 7.41. The number of nitrogens with two attached hydrogens (primary N) is 2. The summed E-state index contributed by atoms with van der Waals surface area (Å²) < 4.78 is 0. The number of rotatable bonds is 4. The van der Waals surface area contributed by atoms with Crippen molar-refractivity contribution in [3.63, 3.8) is 0 Å². The average Bonchev–Trinajstić information content (AvgIpc) is 2.18. The molecule has 0 bridgehead atoms. The fourth-order valence-electron chi connectivity index (χ4n) is 1.39. The van der Waals surface area contributed by atoms with Crippen LogP contribution in [0.2, 0.25) is 5.02 Å². The molecule has 1 aromatic rings. The fraction of sp³-hybridized carbons (Fsp3) is 0.364. The summed E-state index contributed by atoms with van der Waals surface area (Å²) in [4.78, 5) is 11.2. The van der Waals surface area contributed by atoms with Gasteiger partial charge in [0.2, 0.25) is 5.91 Å². The number of nitrogens with one attached hydrogen (secondary N) is 1. The molecule has 0 aromatic heterocycles. The zero-order valence-electron chi connectivity index (χ0n) is 9.33. The summed E-state index contributed by atoms with van der Waals surface area (Å²) in [6.45, 7) is 3.81. The Hall–Kier alpha value is -1.42. The van der Waals surface area contributed by atoms with Crippen molar-refractivity contribution in [3.05, 3.63) is 23.2 Å². The van der Waals surface area contributed by atoms with Crippen LogP contribution < -0.4 is 16.8 Å². The third-order valence-electron chi connectivity index (χ3n) is 2.30. The van der Waals surface area contributed by atoms with Crippen molar-refractivity contribution in [1.82, 2.24) is 0 Å². The highest BCUT2D eigenvalue weighted by molar-refractivity contribution is 6.31. The molecule has 0 aliphatic rings. The van der Waals surface area contributed by atoms with Crippen LogP contribution in [0.5, 0.6) is 0 Å². The molecule has 0 aliphatic heterocycles. The maximum atomic E-state index is 11.2. The SMILES string of the molecule is CC(C)C(Nc1cc(Cl)ccc1N)C(N)=O. The molecule has 1 amide bonds. The normalized spacial score (nSPS) is 12.5. The molecular formula is C11H16ClN3O. The van der Waals surface area contributed by atoms with Crippen molar-refractivity contribution < 1.29 is 4.79 Å². The van der Waals surface area contributed by atoms with Crippen LogP contribution in [0.4, 0.5) is 11.4 Å². The molecule has 1 unspecified atom stereocenters. The van der Waals surface area contributed by atoms with Crippen LogP contribution in [0, 0.1) is 5.92 Å². The van der Waals surface area contributed by atoms with Crippen LogP contribution in [-0.2, 0) is 4.79 Å². The van der Waals surface area contributed by atoms with Gasteiger partial charge in [-0.3, -0.25) is 4.79 Å². The summed E-state index contributed by atoms with van der Waals surface area (Å²) in [7, 11) is 0. The van der Waals surface area contributed by atoms with Gasteiger partial charge in [-0.15, -0.1) is 0 Å². The summed E-state index contributed by atoms with van der Waals surface area (Å²) in [6, 6.07) is 4.59. The second kappa shape index (κ2) is 5.07. The van der Waals surface area contributed by atoms with Gasteiger partial charge in [-0.1, -0.05) is 25.4 Å². The molecule has 5 N–H and O–H groups in total. The molecular weight excluding hydrogens is 226 g/mol. The van der Waals surface area contributed by atoms with E-state index in [0.717, 1.165) is 0 Å². The summed E-state index contributed by atoms with van der Waals surface area (Å²) in [5.41, 5.74) is 12.2. The van der Waals surface area contributed by atoms with Crippen molar-refractivity contribution in [2.24, 2.45) is 11.7 Å². The van der Waals surface area contributed by atoms with E-state index >= 15 is 0 Å². The molecule has 1 atom stereocenters. The van der Waals surface area contributed by atoms with E-state index in [0.29, 0.717) is 16.4 Å². The molecule has 0 fully saturated rings. The molecule has 4 nitrogen and oxygen atoms in total. The van der Waals surface area contributed by atoms with E-state index < -0.39 is 11.9 Å². The van der Waals surface area contributed by atoms with E-state index in [1.807, 2.05) is 13.8 Å². The second-order valence-electron chi connectivity index (χ2n) is 4.00. The Labute approximate surface area is 100.0 Å². The summed E-state index contributed by atoms with van der Waals surface area (Å²) in [5, 5.41) is 3.56. The number of amides is 1. The zero-order chi connectivity index (χ0) is 12.3. The first kappa shape index (κ1) is 12.6. The molecule has 1 rings (SSSR count). The molecule has 0 aliphatic carbocycles. The van der Waals surface area contributed by atoms with Gasteiger partial charge in [0.15, 0.2) is 0 Å². The average molecular weight is 242 g/mol. The number of anilines is 2. The van der Waals surface area contributed by atoms with Crippen molar-refractivity contribution in [1.29, 1.82) is 0 Å². The van der Waals surface area contributed by atoms with Gasteiger partial charge in [-0.2, -0.15) is 0 Å². The van der Waals surface area contributed by atoms with E-state index in [1.54, 1.807) is 18.2 Å². The standard InChI is InChI=1S/C11H16ClN3O/c1-6(2)10(11(14)16)15-9-5-7(12)3-4-8(9)13/h3-6,10,15H,13H2,1-2H3,(H2,14,16). The number of primary amides is 1. The summed E-state index contributed by atoms with van der Waals surface area (Å²) in [5.74, 6) is -0.328. The molecule has 16 heavy (non-hydrogen) atoms. The molecule has 0 radical (unpaired) electrons. The van der Waals surface area contributed by atoms with E-state index in [-0.39, 0.29) is 5.92 Å². The predicted octanol–water partition coefficient (Wildman–Crippen LogP) is 1.84. The van der Waals surface area contributed by atoms with Crippen LogP contribution in [0.25, 0.3) is 0 Å². The lowest BCUT2D eigenvalue weighted by atomic mass is 10.0. The Morgan fingerprint density at radius 2 is 2.06 bits per heavy atom. The van der Waals surface area contributed by atoms with Crippen LogP contribution >= 0.6 is 11.6 Å². The maximum Gasteiger partial charge on any atom is 0.240 e. The minimum Gasteiger partial charge on any atom is -0.397 e. The lowest BCUT2D eigenvalue weighted by Gasteiger charge is -2.21. The minimum atomic E-state index is -0.458. The largest absolute Gasteiger partial charge is 0.397 e. The Kier molecular flexibility index (Phi) is 4.01. The quantitative estimate of drug-likeness (QED) is 0.704. The number of hydrogen-bond acceptors (Lipinski definition) is 3. The third-order valence-corrected chi connectivity index (χ3v) is 2.53. The van der Waals surface area contributed by atoms with Gasteiger partial charge >= 0.3 is 0 Å². The number of halogens is 1. The van der Waals surface area contributed by atoms with E-state index in [2.05, 4.69) is 5.32 Å². The number of carbonyl (C=O) groups excluding carboxylic acids is 1. The lowest BCUT2D eigenvalue weighted by Crippen LogP contribution is -2.39. The maximum absolute atomic E-state index is 11.2. The summed E-state index contributed by atoms with van der Waals surface area (Å²) >= 11 is 5.85. The van der Waals surface area contributed by atoms with Crippen LogP contribution in [0.1, 0.15) is 13.8 Å². The molecule has 5 heteroatoms. The van der Waals surface area contributed by atoms with Gasteiger partial charge < -0.3 is 16.8 Å². The van der Waals surface area contributed by atoms with E-state index in [9.17, 15) is 4.79 Å². The Bertz CT molecular complexity index is 393. The first-order valence-electron chi connectivity index (χ1n) is 5.02.